The summed E-state index contributed by atoms with van der Waals surface area (Å²) in [4.78, 5) is 25.3. The molecule has 0 unspecified atom stereocenters. The lowest BCUT2D eigenvalue weighted by Gasteiger charge is -2.21. The normalized spacial score (nSPS) is 10.1. The second kappa shape index (κ2) is 8.73. The number of nitrogens with one attached hydrogen (secondary N) is 1. The zero-order valence-electron chi connectivity index (χ0n) is 13.4. The molecule has 23 heavy (non-hydrogen) atoms. The van der Waals surface area contributed by atoms with Gasteiger partial charge in [0.2, 0.25) is 11.8 Å². The summed E-state index contributed by atoms with van der Waals surface area (Å²) in [6.07, 6.45) is 1.18. The van der Waals surface area contributed by atoms with Gasteiger partial charge in [0.1, 0.15) is 0 Å². The summed E-state index contributed by atoms with van der Waals surface area (Å²) in [5, 5.41) is 2.88. The first kappa shape index (κ1) is 16.7. The van der Waals surface area contributed by atoms with Crippen LogP contribution in [0.5, 0.6) is 0 Å². The van der Waals surface area contributed by atoms with E-state index < -0.39 is 0 Å². The summed E-state index contributed by atoms with van der Waals surface area (Å²) in [6.45, 7) is 2.45. The number of carbonyl (C=O) groups is 2. The predicted molar refractivity (Wildman–Crippen MR) is 92.2 cm³/mol. The third kappa shape index (κ3) is 5.58. The Hall–Kier alpha value is -2.62. The number of nitrogens with zero attached hydrogens (tertiary/aromatic N) is 1. The zero-order valence-corrected chi connectivity index (χ0v) is 13.4. The molecule has 2 rings (SSSR count). The van der Waals surface area contributed by atoms with Crippen molar-refractivity contribution in [3.8, 4) is 0 Å². The Labute approximate surface area is 137 Å². The quantitative estimate of drug-likeness (QED) is 0.855. The smallest absolute Gasteiger partial charge is 0.223 e. The number of amides is 2. The first-order chi connectivity index (χ1) is 11.2. The third-order valence-electron chi connectivity index (χ3n) is 3.59. The van der Waals surface area contributed by atoms with Gasteiger partial charge in [0.05, 0.1) is 0 Å². The maximum atomic E-state index is 11.9. The van der Waals surface area contributed by atoms with E-state index in [-0.39, 0.29) is 11.8 Å². The monoisotopic (exact) mass is 310 g/mol. The molecule has 0 radical (unpaired) electrons. The average Bonchev–Trinajstić information content (AvgIpc) is 2.58. The summed E-state index contributed by atoms with van der Waals surface area (Å²) in [5.41, 5.74) is 2.00. The number of aryl methyl sites for hydroxylation is 1. The van der Waals surface area contributed by atoms with Crippen molar-refractivity contribution < 1.29 is 9.59 Å². The summed E-state index contributed by atoms with van der Waals surface area (Å²) in [6, 6.07) is 19.4. The SMILES string of the molecule is CC(=O)N(CCNC(=O)CCc1ccccc1)c1ccccc1. The van der Waals surface area contributed by atoms with Gasteiger partial charge in [-0.15, -0.1) is 0 Å². The van der Waals surface area contributed by atoms with E-state index in [9.17, 15) is 9.59 Å². The first-order valence-corrected chi connectivity index (χ1v) is 7.80. The molecule has 0 aliphatic carbocycles. The highest BCUT2D eigenvalue weighted by atomic mass is 16.2. The molecule has 0 heterocycles. The minimum Gasteiger partial charge on any atom is -0.354 e. The van der Waals surface area contributed by atoms with E-state index in [1.165, 1.54) is 6.92 Å². The first-order valence-electron chi connectivity index (χ1n) is 7.80. The molecule has 0 spiro atoms. The highest BCUT2D eigenvalue weighted by Gasteiger charge is 2.11. The molecule has 0 aliphatic heterocycles. The summed E-state index contributed by atoms with van der Waals surface area (Å²) in [7, 11) is 0. The molecule has 0 aromatic heterocycles. The van der Waals surface area contributed by atoms with Gasteiger partial charge in [-0.25, -0.2) is 0 Å². The molecule has 0 saturated carbocycles. The van der Waals surface area contributed by atoms with Crippen molar-refractivity contribution in [2.45, 2.75) is 19.8 Å². The van der Waals surface area contributed by atoms with Gasteiger partial charge < -0.3 is 10.2 Å². The lowest BCUT2D eigenvalue weighted by atomic mass is 10.1. The highest BCUT2D eigenvalue weighted by Crippen LogP contribution is 2.12. The predicted octanol–water partition coefficient (Wildman–Crippen LogP) is 2.79. The van der Waals surface area contributed by atoms with Gasteiger partial charge in [0, 0.05) is 32.1 Å². The van der Waals surface area contributed by atoms with Crippen LogP contribution in [0.4, 0.5) is 5.69 Å². The second-order valence-corrected chi connectivity index (χ2v) is 5.34. The van der Waals surface area contributed by atoms with Crippen molar-refractivity contribution in [2.24, 2.45) is 0 Å². The lowest BCUT2D eigenvalue weighted by molar-refractivity contribution is -0.121. The molecule has 4 nitrogen and oxygen atoms in total. The van der Waals surface area contributed by atoms with Crippen LogP contribution in [0.15, 0.2) is 60.7 Å². The summed E-state index contributed by atoms with van der Waals surface area (Å²) in [5.74, 6) is -0.0276. The van der Waals surface area contributed by atoms with Crippen molar-refractivity contribution in [1.29, 1.82) is 0 Å². The van der Waals surface area contributed by atoms with Crippen molar-refractivity contribution >= 4 is 17.5 Å². The van der Waals surface area contributed by atoms with E-state index >= 15 is 0 Å². The van der Waals surface area contributed by atoms with Crippen molar-refractivity contribution in [2.75, 3.05) is 18.0 Å². The fourth-order valence-corrected chi connectivity index (χ4v) is 2.37. The average molecular weight is 310 g/mol. The van der Waals surface area contributed by atoms with Crippen LogP contribution in [0, 0.1) is 0 Å². The van der Waals surface area contributed by atoms with Crippen LogP contribution in [-0.4, -0.2) is 24.9 Å². The minimum absolute atomic E-state index is 0.00502. The molecule has 0 bridgehead atoms. The molecule has 1 N–H and O–H groups in total. The van der Waals surface area contributed by atoms with E-state index in [1.807, 2.05) is 60.7 Å². The second-order valence-electron chi connectivity index (χ2n) is 5.34. The Kier molecular flexibility index (Phi) is 6.36. The van der Waals surface area contributed by atoms with Crippen LogP contribution < -0.4 is 10.2 Å². The highest BCUT2D eigenvalue weighted by molar-refractivity contribution is 5.91. The van der Waals surface area contributed by atoms with Gasteiger partial charge in [-0.3, -0.25) is 9.59 Å². The minimum atomic E-state index is -0.0327. The van der Waals surface area contributed by atoms with Crippen molar-refractivity contribution in [3.05, 3.63) is 66.2 Å². The van der Waals surface area contributed by atoms with Crippen molar-refractivity contribution in [1.82, 2.24) is 5.32 Å². The number of benzene rings is 2. The van der Waals surface area contributed by atoms with Gasteiger partial charge in [-0.2, -0.15) is 0 Å². The van der Waals surface area contributed by atoms with Gasteiger partial charge >= 0.3 is 0 Å². The molecule has 0 fully saturated rings. The van der Waals surface area contributed by atoms with E-state index in [4.69, 9.17) is 0 Å². The van der Waals surface area contributed by atoms with Gasteiger partial charge in [-0.1, -0.05) is 48.5 Å². The molecule has 2 amide bonds. The molecular weight excluding hydrogens is 288 g/mol. The number of hydrogen-bond donors (Lipinski definition) is 1. The lowest BCUT2D eigenvalue weighted by Crippen LogP contribution is -2.37. The van der Waals surface area contributed by atoms with Crippen LogP contribution in [-0.2, 0) is 16.0 Å². The van der Waals surface area contributed by atoms with E-state index in [0.29, 0.717) is 19.5 Å². The molecule has 2 aromatic rings. The molecule has 0 atom stereocenters. The Balaban J connectivity index is 1.76. The molecule has 4 heteroatoms. The Morgan fingerprint density at radius 2 is 1.57 bits per heavy atom. The fraction of sp³-hybridized carbons (Fsp3) is 0.263. The van der Waals surface area contributed by atoms with E-state index in [2.05, 4.69) is 5.32 Å². The Morgan fingerprint density at radius 1 is 0.957 bits per heavy atom. The number of anilines is 1. The largest absolute Gasteiger partial charge is 0.354 e. The van der Waals surface area contributed by atoms with Crippen molar-refractivity contribution in [3.63, 3.8) is 0 Å². The standard InChI is InChI=1S/C19H22N2O2/c1-16(22)21(18-10-6-3-7-11-18)15-14-20-19(23)13-12-17-8-4-2-5-9-17/h2-11H,12-15H2,1H3,(H,20,23). The molecule has 120 valence electrons. The maximum Gasteiger partial charge on any atom is 0.223 e. The van der Waals surface area contributed by atoms with Crippen LogP contribution in [0.1, 0.15) is 18.9 Å². The molecule has 2 aromatic carbocycles. The molecular formula is C19H22N2O2. The fourth-order valence-electron chi connectivity index (χ4n) is 2.37. The van der Waals surface area contributed by atoms with Crippen LogP contribution in [0.25, 0.3) is 0 Å². The summed E-state index contributed by atoms with van der Waals surface area (Å²) >= 11 is 0. The van der Waals surface area contributed by atoms with E-state index in [1.54, 1.807) is 4.90 Å². The van der Waals surface area contributed by atoms with E-state index in [0.717, 1.165) is 17.7 Å². The Bertz CT molecular complexity index is 626. The summed E-state index contributed by atoms with van der Waals surface area (Å²) < 4.78 is 0. The van der Waals surface area contributed by atoms with Gasteiger partial charge in [0.15, 0.2) is 0 Å². The number of hydrogen-bond acceptors (Lipinski definition) is 2. The number of carbonyl (C=O) groups excluding carboxylic acids is 2. The topological polar surface area (TPSA) is 49.4 Å². The van der Waals surface area contributed by atoms with Crippen LogP contribution in [0.2, 0.25) is 0 Å². The van der Waals surface area contributed by atoms with Gasteiger partial charge in [-0.05, 0) is 24.1 Å². The van der Waals surface area contributed by atoms with Crippen LogP contribution >= 0.6 is 0 Å². The zero-order chi connectivity index (χ0) is 16.5. The molecule has 0 aliphatic rings. The Morgan fingerprint density at radius 3 is 2.17 bits per heavy atom. The van der Waals surface area contributed by atoms with Gasteiger partial charge in [0.25, 0.3) is 0 Å². The van der Waals surface area contributed by atoms with Crippen LogP contribution in [0.3, 0.4) is 0 Å². The number of para-hydroxylation sites is 1. The maximum absolute atomic E-state index is 11.9. The molecule has 0 saturated heterocycles. The third-order valence-corrected chi connectivity index (χ3v) is 3.59. The number of rotatable bonds is 7.